The van der Waals surface area contributed by atoms with Gasteiger partial charge in [-0.05, 0) is 48.1 Å². The van der Waals surface area contributed by atoms with E-state index in [1.165, 1.54) is 0 Å². The van der Waals surface area contributed by atoms with Gasteiger partial charge in [-0.2, -0.15) is 0 Å². The molecular weight excluding hydrogens is 390 g/mol. The molecule has 0 heterocycles. The number of esters is 1. The van der Waals surface area contributed by atoms with Gasteiger partial charge in [0.1, 0.15) is 17.4 Å². The molecule has 1 aromatic carbocycles. The van der Waals surface area contributed by atoms with Crippen LogP contribution in [0.4, 0.5) is 0 Å². The van der Waals surface area contributed by atoms with Crippen molar-refractivity contribution in [1.29, 1.82) is 0 Å². The number of nitrogens with two attached hydrogens (primary N) is 2. The molecule has 0 aromatic heterocycles. The molecule has 158 valence electrons. The number of nitrogens with one attached hydrogen (secondary N) is 1. The van der Waals surface area contributed by atoms with E-state index < -0.39 is 23.7 Å². The first-order valence-corrected chi connectivity index (χ1v) is 10.5. The second-order valence-corrected chi connectivity index (χ2v) is 8.26. The van der Waals surface area contributed by atoms with Crippen LogP contribution in [0.25, 0.3) is 0 Å². The van der Waals surface area contributed by atoms with Crippen LogP contribution in [-0.2, 0) is 20.7 Å². The molecule has 6 N–H and O–H groups in total. The monoisotopic (exact) mass is 419 g/mol. The van der Waals surface area contributed by atoms with Gasteiger partial charge in [-0.3, -0.25) is 14.3 Å². The zero-order valence-electron chi connectivity index (χ0n) is 16.7. The number of phenols is 1. The topological polar surface area (TPSA) is 128 Å². The SMILES string of the molecule is CC(C)[C@H](N)C(=O)NSCC1(OC(=O)[C@@H](N)Cc2ccc(O)cc2)C=CC=CC1. The normalized spacial score (nSPS) is 20.3. The molecule has 1 amide bonds. The smallest absolute Gasteiger partial charge is 0.324 e. The summed E-state index contributed by atoms with van der Waals surface area (Å²) in [4.78, 5) is 24.7. The van der Waals surface area contributed by atoms with E-state index in [1.54, 1.807) is 30.3 Å². The molecule has 0 radical (unpaired) electrons. The van der Waals surface area contributed by atoms with Crippen molar-refractivity contribution in [3.63, 3.8) is 0 Å². The number of ether oxygens (including phenoxy) is 1. The highest BCUT2D eigenvalue weighted by Crippen LogP contribution is 2.27. The van der Waals surface area contributed by atoms with Crippen molar-refractivity contribution in [1.82, 2.24) is 4.72 Å². The molecule has 7 nitrogen and oxygen atoms in total. The van der Waals surface area contributed by atoms with Gasteiger partial charge in [-0.1, -0.05) is 44.2 Å². The van der Waals surface area contributed by atoms with Crippen LogP contribution in [0.5, 0.6) is 5.75 Å². The first-order chi connectivity index (χ1) is 13.7. The van der Waals surface area contributed by atoms with E-state index in [1.807, 2.05) is 32.1 Å². The second kappa shape index (κ2) is 10.5. The van der Waals surface area contributed by atoms with Crippen LogP contribution in [0, 0.1) is 5.92 Å². The molecule has 0 aliphatic heterocycles. The summed E-state index contributed by atoms with van der Waals surface area (Å²) in [5.74, 6) is -0.270. The second-order valence-electron chi connectivity index (χ2n) is 7.48. The maximum absolute atomic E-state index is 12.6. The third-order valence-corrected chi connectivity index (χ3v) is 5.60. The van der Waals surface area contributed by atoms with Crippen molar-refractivity contribution in [3.8, 4) is 5.75 Å². The molecule has 3 atom stereocenters. The molecule has 0 bridgehead atoms. The number of phenolic OH excluding ortho intramolecular Hbond substituents is 1. The number of aromatic hydroxyl groups is 1. The predicted octanol–water partition coefficient (Wildman–Crippen LogP) is 1.81. The van der Waals surface area contributed by atoms with Gasteiger partial charge in [0.15, 0.2) is 0 Å². The van der Waals surface area contributed by atoms with Gasteiger partial charge in [-0.15, -0.1) is 0 Å². The highest BCUT2D eigenvalue weighted by Gasteiger charge is 2.34. The molecule has 8 heteroatoms. The van der Waals surface area contributed by atoms with Gasteiger partial charge in [-0.25, -0.2) is 0 Å². The van der Waals surface area contributed by atoms with Gasteiger partial charge in [0.2, 0.25) is 5.91 Å². The predicted molar refractivity (Wildman–Crippen MR) is 115 cm³/mol. The van der Waals surface area contributed by atoms with Crippen molar-refractivity contribution < 1.29 is 19.4 Å². The van der Waals surface area contributed by atoms with E-state index in [4.69, 9.17) is 16.2 Å². The molecular formula is C21H29N3O4S. The van der Waals surface area contributed by atoms with Gasteiger partial charge >= 0.3 is 5.97 Å². The lowest BCUT2D eigenvalue weighted by Gasteiger charge is -2.32. The number of benzene rings is 1. The van der Waals surface area contributed by atoms with Crippen molar-refractivity contribution in [2.75, 3.05) is 5.75 Å². The van der Waals surface area contributed by atoms with Crippen molar-refractivity contribution in [2.45, 2.75) is 44.4 Å². The third-order valence-electron chi connectivity index (χ3n) is 4.62. The highest BCUT2D eigenvalue weighted by atomic mass is 32.2. The van der Waals surface area contributed by atoms with E-state index in [0.29, 0.717) is 18.6 Å². The summed E-state index contributed by atoms with van der Waals surface area (Å²) >= 11 is 1.16. The van der Waals surface area contributed by atoms with Crippen molar-refractivity contribution in [2.24, 2.45) is 17.4 Å². The van der Waals surface area contributed by atoms with Gasteiger partial charge < -0.3 is 21.3 Å². The van der Waals surface area contributed by atoms with Gasteiger partial charge in [0.05, 0.1) is 11.8 Å². The lowest BCUT2D eigenvalue weighted by atomic mass is 9.97. The number of rotatable bonds is 9. The number of carbonyl (C=O) groups is 2. The number of hydrogen-bond acceptors (Lipinski definition) is 7. The summed E-state index contributed by atoms with van der Waals surface area (Å²) in [6, 6.07) is 5.08. The number of carbonyl (C=O) groups excluding carboxylic acids is 2. The number of allylic oxidation sites excluding steroid dienone is 2. The summed E-state index contributed by atoms with van der Waals surface area (Å²) in [5.41, 5.74) is 11.8. The fourth-order valence-electron chi connectivity index (χ4n) is 2.70. The Bertz CT molecular complexity index is 764. The summed E-state index contributed by atoms with van der Waals surface area (Å²) in [6.45, 7) is 3.75. The zero-order valence-corrected chi connectivity index (χ0v) is 17.5. The maximum atomic E-state index is 12.6. The lowest BCUT2D eigenvalue weighted by molar-refractivity contribution is -0.154. The summed E-state index contributed by atoms with van der Waals surface area (Å²) in [6.07, 6.45) is 8.17. The van der Waals surface area contributed by atoms with E-state index in [-0.39, 0.29) is 17.6 Å². The van der Waals surface area contributed by atoms with Crippen LogP contribution in [0.15, 0.2) is 48.6 Å². The average Bonchev–Trinajstić information content (AvgIpc) is 2.69. The van der Waals surface area contributed by atoms with E-state index in [9.17, 15) is 14.7 Å². The fourth-order valence-corrected chi connectivity index (χ4v) is 3.57. The Kier molecular flexibility index (Phi) is 8.31. The minimum atomic E-state index is -0.891. The van der Waals surface area contributed by atoms with Gasteiger partial charge in [0.25, 0.3) is 0 Å². The highest BCUT2D eigenvalue weighted by molar-refractivity contribution is 7.98. The van der Waals surface area contributed by atoms with Gasteiger partial charge in [0, 0.05) is 6.42 Å². The Labute approximate surface area is 175 Å². The molecule has 0 spiro atoms. The maximum Gasteiger partial charge on any atom is 0.324 e. The Morgan fingerprint density at radius 1 is 1.24 bits per heavy atom. The molecule has 0 saturated heterocycles. The summed E-state index contributed by atoms with van der Waals surface area (Å²) < 4.78 is 8.50. The Hall–Kier alpha value is -2.29. The zero-order chi connectivity index (χ0) is 21.4. The summed E-state index contributed by atoms with van der Waals surface area (Å²) in [7, 11) is 0. The fraction of sp³-hybridized carbons (Fsp3) is 0.429. The van der Waals surface area contributed by atoms with Crippen LogP contribution in [0.3, 0.4) is 0 Å². The number of amides is 1. The van der Waals surface area contributed by atoms with E-state index in [0.717, 1.165) is 17.5 Å². The van der Waals surface area contributed by atoms with Crippen LogP contribution in [-0.4, -0.2) is 40.4 Å². The summed E-state index contributed by atoms with van der Waals surface area (Å²) in [5, 5.41) is 9.36. The molecule has 0 fully saturated rings. The minimum Gasteiger partial charge on any atom is -0.508 e. The molecule has 2 rings (SSSR count). The van der Waals surface area contributed by atoms with Crippen LogP contribution >= 0.6 is 11.9 Å². The lowest BCUT2D eigenvalue weighted by Crippen LogP contribution is -2.45. The first kappa shape index (κ1) is 23.0. The van der Waals surface area contributed by atoms with Crippen LogP contribution in [0.2, 0.25) is 0 Å². The van der Waals surface area contributed by atoms with E-state index in [2.05, 4.69) is 4.72 Å². The standard InChI is InChI=1S/C21H29N3O4S/c1-14(2)18(23)19(26)24-29-13-21(10-4-3-5-11-21)28-20(27)17(22)12-15-6-8-16(25)9-7-15/h3-10,14,17-18,25H,11-13,22-23H2,1-2H3,(H,24,26)/t17-,18-,21?/m0/s1. The molecule has 29 heavy (non-hydrogen) atoms. The Balaban J connectivity index is 1.95. The van der Waals surface area contributed by atoms with Crippen LogP contribution in [0.1, 0.15) is 25.8 Å². The third kappa shape index (κ3) is 6.92. The first-order valence-electron chi connectivity index (χ1n) is 9.50. The quantitative estimate of drug-likeness (QED) is 0.355. The Morgan fingerprint density at radius 2 is 1.93 bits per heavy atom. The molecule has 1 unspecified atom stereocenters. The molecule has 0 saturated carbocycles. The van der Waals surface area contributed by atoms with E-state index >= 15 is 0 Å². The number of hydrogen-bond donors (Lipinski definition) is 4. The molecule has 1 aliphatic carbocycles. The average molecular weight is 420 g/mol. The van der Waals surface area contributed by atoms with Crippen LogP contribution < -0.4 is 16.2 Å². The largest absolute Gasteiger partial charge is 0.508 e. The van der Waals surface area contributed by atoms with Crippen molar-refractivity contribution in [3.05, 3.63) is 54.1 Å². The molecule has 1 aliphatic rings. The Morgan fingerprint density at radius 3 is 2.52 bits per heavy atom. The van der Waals surface area contributed by atoms with Crippen molar-refractivity contribution >= 4 is 23.8 Å². The minimum absolute atomic E-state index is 0.0257. The molecule has 1 aromatic rings.